The first kappa shape index (κ1) is 15.7. The summed E-state index contributed by atoms with van der Waals surface area (Å²) >= 11 is 0. The number of anilines is 2. The van der Waals surface area contributed by atoms with Gasteiger partial charge in [-0.05, 0) is 48.5 Å². The lowest BCUT2D eigenvalue weighted by Crippen LogP contribution is -2.22. The SMILES string of the molecule is Nc1ccc2c(c1)OC(c1cc(F)cc(F)c1)n1c-2cc2cc(N)ccc21. The molecule has 0 radical (unpaired) electrons. The third-order valence-electron chi connectivity index (χ3n) is 4.79. The van der Waals surface area contributed by atoms with Crippen molar-refractivity contribution < 1.29 is 13.5 Å². The maximum Gasteiger partial charge on any atom is 0.203 e. The molecule has 1 aromatic heterocycles. The average Bonchev–Trinajstić information content (AvgIpc) is 2.98. The van der Waals surface area contributed by atoms with Crippen LogP contribution in [0.15, 0.2) is 60.7 Å². The molecule has 2 heterocycles. The summed E-state index contributed by atoms with van der Waals surface area (Å²) in [4.78, 5) is 0. The number of fused-ring (bicyclic) bond motifs is 5. The molecule has 4 nitrogen and oxygen atoms in total. The summed E-state index contributed by atoms with van der Waals surface area (Å²) in [5.41, 5.74) is 16.0. The Hall–Kier alpha value is -3.54. The molecule has 1 atom stereocenters. The van der Waals surface area contributed by atoms with E-state index in [1.165, 1.54) is 12.1 Å². The van der Waals surface area contributed by atoms with Gasteiger partial charge in [0.15, 0.2) is 0 Å². The van der Waals surface area contributed by atoms with E-state index in [1.807, 2.05) is 28.8 Å². The average molecular weight is 363 g/mol. The lowest BCUT2D eigenvalue weighted by Gasteiger charge is -2.30. The maximum atomic E-state index is 13.9. The monoisotopic (exact) mass is 363 g/mol. The molecule has 0 aliphatic carbocycles. The fourth-order valence-electron chi connectivity index (χ4n) is 3.67. The number of rotatable bonds is 1. The number of hydrogen-bond donors (Lipinski definition) is 2. The molecule has 5 rings (SSSR count). The number of halogens is 2. The number of nitrogens with two attached hydrogens (primary N) is 2. The molecular weight excluding hydrogens is 348 g/mol. The molecule has 3 aromatic carbocycles. The molecule has 27 heavy (non-hydrogen) atoms. The van der Waals surface area contributed by atoms with Crippen LogP contribution in [0.2, 0.25) is 0 Å². The van der Waals surface area contributed by atoms with Crippen LogP contribution in [0.25, 0.3) is 22.2 Å². The number of nitrogen functional groups attached to an aromatic ring is 2. The summed E-state index contributed by atoms with van der Waals surface area (Å²) in [6.07, 6.45) is -0.736. The van der Waals surface area contributed by atoms with Crippen LogP contribution in [0.3, 0.4) is 0 Å². The third kappa shape index (κ3) is 2.41. The van der Waals surface area contributed by atoms with Gasteiger partial charge < -0.3 is 20.8 Å². The van der Waals surface area contributed by atoms with Crippen LogP contribution in [0.5, 0.6) is 5.75 Å². The molecule has 1 aliphatic heterocycles. The summed E-state index contributed by atoms with van der Waals surface area (Å²) in [5, 5.41) is 0.917. The van der Waals surface area contributed by atoms with Crippen LogP contribution >= 0.6 is 0 Å². The normalized spacial score (nSPS) is 15.3. The maximum absolute atomic E-state index is 13.9. The molecule has 0 saturated heterocycles. The molecular formula is C21H15F2N3O. The summed E-state index contributed by atoms with van der Waals surface area (Å²) in [6, 6.07) is 16.3. The van der Waals surface area contributed by atoms with Crippen molar-refractivity contribution in [3.05, 3.63) is 77.9 Å². The number of benzene rings is 3. The van der Waals surface area contributed by atoms with E-state index in [9.17, 15) is 8.78 Å². The number of aromatic nitrogens is 1. The number of ether oxygens (including phenoxy) is 1. The largest absolute Gasteiger partial charge is 0.465 e. The van der Waals surface area contributed by atoms with E-state index in [4.69, 9.17) is 16.2 Å². The molecule has 0 fully saturated rings. The Morgan fingerprint density at radius 2 is 1.52 bits per heavy atom. The smallest absolute Gasteiger partial charge is 0.203 e. The second kappa shape index (κ2) is 5.48. The van der Waals surface area contributed by atoms with Crippen LogP contribution in [0, 0.1) is 11.6 Å². The second-order valence-corrected chi connectivity index (χ2v) is 6.65. The second-order valence-electron chi connectivity index (χ2n) is 6.65. The van der Waals surface area contributed by atoms with E-state index in [0.717, 1.165) is 28.2 Å². The minimum atomic E-state index is -0.736. The minimum absolute atomic E-state index is 0.371. The van der Waals surface area contributed by atoms with E-state index in [2.05, 4.69) is 0 Å². The van der Waals surface area contributed by atoms with Crippen LogP contribution in [0.4, 0.5) is 20.2 Å². The highest BCUT2D eigenvalue weighted by Crippen LogP contribution is 2.45. The quantitative estimate of drug-likeness (QED) is 0.482. The first-order chi connectivity index (χ1) is 13.0. The van der Waals surface area contributed by atoms with Gasteiger partial charge in [-0.25, -0.2) is 8.78 Å². The zero-order chi connectivity index (χ0) is 18.7. The van der Waals surface area contributed by atoms with E-state index < -0.39 is 17.9 Å². The molecule has 4 aromatic rings. The molecule has 134 valence electrons. The van der Waals surface area contributed by atoms with Gasteiger partial charge in [0.2, 0.25) is 6.23 Å². The molecule has 1 unspecified atom stereocenters. The zero-order valence-electron chi connectivity index (χ0n) is 14.1. The Kier molecular flexibility index (Phi) is 3.18. The summed E-state index contributed by atoms with van der Waals surface area (Å²) < 4.78 is 35.8. The van der Waals surface area contributed by atoms with Gasteiger partial charge in [-0.15, -0.1) is 0 Å². The van der Waals surface area contributed by atoms with Gasteiger partial charge in [-0.2, -0.15) is 0 Å². The number of hydrogen-bond acceptors (Lipinski definition) is 3. The Balaban J connectivity index is 1.83. The van der Waals surface area contributed by atoms with Gasteiger partial charge in [-0.1, -0.05) is 0 Å². The molecule has 0 bridgehead atoms. The fraction of sp³-hybridized carbons (Fsp3) is 0.0476. The van der Waals surface area contributed by atoms with Crippen molar-refractivity contribution in [1.82, 2.24) is 4.57 Å². The summed E-state index contributed by atoms with van der Waals surface area (Å²) in [5.74, 6) is -0.753. The fourth-order valence-corrected chi connectivity index (χ4v) is 3.67. The van der Waals surface area contributed by atoms with Crippen molar-refractivity contribution in [3.63, 3.8) is 0 Å². The molecule has 1 aliphatic rings. The Labute approximate surface area is 153 Å². The van der Waals surface area contributed by atoms with E-state index in [1.54, 1.807) is 18.2 Å². The Morgan fingerprint density at radius 1 is 0.815 bits per heavy atom. The molecule has 4 N–H and O–H groups in total. The van der Waals surface area contributed by atoms with Crippen LogP contribution in [-0.2, 0) is 0 Å². The lowest BCUT2D eigenvalue weighted by atomic mass is 10.1. The van der Waals surface area contributed by atoms with Gasteiger partial charge in [0.25, 0.3) is 0 Å². The first-order valence-corrected chi connectivity index (χ1v) is 8.42. The topological polar surface area (TPSA) is 66.2 Å². The van der Waals surface area contributed by atoms with E-state index in [0.29, 0.717) is 22.7 Å². The van der Waals surface area contributed by atoms with Crippen molar-refractivity contribution in [3.8, 4) is 17.0 Å². The van der Waals surface area contributed by atoms with Gasteiger partial charge in [0, 0.05) is 40.0 Å². The van der Waals surface area contributed by atoms with Crippen LogP contribution in [-0.4, -0.2) is 4.57 Å². The van der Waals surface area contributed by atoms with Gasteiger partial charge in [0.05, 0.1) is 11.2 Å². The highest BCUT2D eigenvalue weighted by atomic mass is 19.1. The lowest BCUT2D eigenvalue weighted by molar-refractivity contribution is 0.172. The van der Waals surface area contributed by atoms with E-state index >= 15 is 0 Å². The van der Waals surface area contributed by atoms with Crippen molar-refractivity contribution in [2.24, 2.45) is 0 Å². The van der Waals surface area contributed by atoms with Crippen molar-refractivity contribution in [2.45, 2.75) is 6.23 Å². The number of nitrogens with zero attached hydrogens (tertiary/aromatic N) is 1. The standard InChI is InChI=1S/C21H15F2N3O/c22-13-5-12(6-14(23)9-13)21-26-18-4-2-15(24)7-11(18)8-19(26)17-3-1-16(25)10-20(17)27-21/h1-10,21H,24-25H2. The third-order valence-corrected chi connectivity index (χ3v) is 4.79. The molecule has 0 saturated carbocycles. The van der Waals surface area contributed by atoms with Gasteiger partial charge >= 0.3 is 0 Å². The van der Waals surface area contributed by atoms with Crippen molar-refractivity contribution in [1.29, 1.82) is 0 Å². The van der Waals surface area contributed by atoms with Crippen molar-refractivity contribution in [2.75, 3.05) is 11.5 Å². The molecule has 6 heteroatoms. The highest BCUT2D eigenvalue weighted by molar-refractivity contribution is 5.91. The van der Waals surface area contributed by atoms with Gasteiger partial charge in [0.1, 0.15) is 17.4 Å². The zero-order valence-corrected chi connectivity index (χ0v) is 14.1. The van der Waals surface area contributed by atoms with Crippen LogP contribution in [0.1, 0.15) is 11.8 Å². The Bertz CT molecular complexity index is 1200. The van der Waals surface area contributed by atoms with Gasteiger partial charge in [-0.3, -0.25) is 0 Å². The van der Waals surface area contributed by atoms with Crippen molar-refractivity contribution >= 4 is 22.3 Å². The minimum Gasteiger partial charge on any atom is -0.465 e. The Morgan fingerprint density at radius 3 is 2.30 bits per heavy atom. The predicted octanol–water partition coefficient (Wildman–Crippen LogP) is 4.69. The summed E-state index contributed by atoms with van der Waals surface area (Å²) in [7, 11) is 0. The highest BCUT2D eigenvalue weighted by Gasteiger charge is 2.29. The van der Waals surface area contributed by atoms with E-state index in [-0.39, 0.29) is 0 Å². The first-order valence-electron chi connectivity index (χ1n) is 8.42. The van der Waals surface area contributed by atoms with Crippen LogP contribution < -0.4 is 16.2 Å². The molecule has 0 amide bonds. The summed E-state index contributed by atoms with van der Waals surface area (Å²) in [6.45, 7) is 0. The predicted molar refractivity (Wildman–Crippen MR) is 101 cm³/mol. The molecule has 0 spiro atoms.